The predicted octanol–water partition coefficient (Wildman–Crippen LogP) is 2.01. The van der Waals surface area contributed by atoms with E-state index in [0.29, 0.717) is 18.5 Å². The Morgan fingerprint density at radius 1 is 1.30 bits per heavy atom. The fourth-order valence-corrected chi connectivity index (χ4v) is 3.44. The van der Waals surface area contributed by atoms with Crippen molar-refractivity contribution >= 4 is 11.6 Å². The molecule has 1 aliphatic carbocycles. The molecule has 3 rings (SSSR count). The molecule has 3 N–H and O–H groups in total. The Labute approximate surface area is 138 Å². The number of fused-ring (bicyclic) bond motifs is 1. The third kappa shape index (κ3) is 4.24. The third-order valence-electron chi connectivity index (χ3n) is 4.85. The Kier molecular flexibility index (Phi) is 5.51. The first-order valence-electron chi connectivity index (χ1n) is 8.73. The van der Waals surface area contributed by atoms with Crippen LogP contribution in [0.5, 0.6) is 0 Å². The van der Waals surface area contributed by atoms with Crippen LogP contribution < -0.4 is 11.1 Å². The summed E-state index contributed by atoms with van der Waals surface area (Å²) in [5.41, 5.74) is 10.1. The summed E-state index contributed by atoms with van der Waals surface area (Å²) in [5, 5.41) is 3.31. The van der Waals surface area contributed by atoms with Gasteiger partial charge in [0.05, 0.1) is 19.8 Å². The number of aryl methyl sites for hydroxylation is 1. The van der Waals surface area contributed by atoms with Crippen molar-refractivity contribution < 1.29 is 4.74 Å². The van der Waals surface area contributed by atoms with Crippen LogP contribution in [0.25, 0.3) is 0 Å². The summed E-state index contributed by atoms with van der Waals surface area (Å²) in [5.74, 6) is 0.518. The van der Waals surface area contributed by atoms with Gasteiger partial charge in [0.1, 0.15) is 0 Å². The van der Waals surface area contributed by atoms with Gasteiger partial charge in [-0.2, -0.15) is 0 Å². The molecule has 0 spiro atoms. The minimum atomic E-state index is 0.393. The van der Waals surface area contributed by atoms with Crippen LogP contribution in [0.2, 0.25) is 0 Å². The van der Waals surface area contributed by atoms with E-state index < -0.39 is 0 Å². The minimum Gasteiger partial charge on any atom is -0.379 e. The summed E-state index contributed by atoms with van der Waals surface area (Å²) in [4.78, 5) is 6.95. The normalized spacial score (nSPS) is 20.8. The van der Waals surface area contributed by atoms with Gasteiger partial charge in [-0.05, 0) is 49.8 Å². The number of hydrogen-bond acceptors (Lipinski definition) is 3. The van der Waals surface area contributed by atoms with Crippen molar-refractivity contribution in [3.05, 3.63) is 29.3 Å². The number of morpholine rings is 1. The van der Waals surface area contributed by atoms with E-state index in [-0.39, 0.29) is 0 Å². The summed E-state index contributed by atoms with van der Waals surface area (Å²) in [7, 11) is 0. The van der Waals surface area contributed by atoms with Crippen molar-refractivity contribution in [2.24, 2.45) is 10.7 Å². The second-order valence-corrected chi connectivity index (χ2v) is 6.50. The SMILES string of the molecule is CC(CN=C(N)Nc1cccc2c1CCCC2)N1CCOCC1. The van der Waals surface area contributed by atoms with E-state index in [1.165, 1.54) is 30.4 Å². The van der Waals surface area contributed by atoms with Gasteiger partial charge < -0.3 is 15.8 Å². The monoisotopic (exact) mass is 316 g/mol. The second-order valence-electron chi connectivity index (χ2n) is 6.50. The highest BCUT2D eigenvalue weighted by Gasteiger charge is 2.17. The van der Waals surface area contributed by atoms with E-state index in [4.69, 9.17) is 10.5 Å². The number of hydrogen-bond donors (Lipinski definition) is 2. The quantitative estimate of drug-likeness (QED) is 0.659. The molecular formula is C18H28N4O. The zero-order chi connectivity index (χ0) is 16.1. The summed E-state index contributed by atoms with van der Waals surface area (Å²) >= 11 is 0. The van der Waals surface area contributed by atoms with Crippen molar-refractivity contribution in [2.75, 3.05) is 38.2 Å². The highest BCUT2D eigenvalue weighted by Crippen LogP contribution is 2.27. The molecule has 1 unspecified atom stereocenters. The summed E-state index contributed by atoms with van der Waals surface area (Å²) < 4.78 is 5.39. The van der Waals surface area contributed by atoms with E-state index in [9.17, 15) is 0 Å². The highest BCUT2D eigenvalue weighted by molar-refractivity contribution is 5.93. The number of anilines is 1. The van der Waals surface area contributed by atoms with Crippen LogP contribution in [0.4, 0.5) is 5.69 Å². The lowest BCUT2D eigenvalue weighted by Gasteiger charge is -2.31. The molecule has 2 aliphatic rings. The lowest BCUT2D eigenvalue weighted by atomic mass is 9.90. The molecule has 1 saturated heterocycles. The smallest absolute Gasteiger partial charge is 0.193 e. The molecule has 0 aromatic heterocycles. The van der Waals surface area contributed by atoms with E-state index >= 15 is 0 Å². The fourth-order valence-electron chi connectivity index (χ4n) is 3.44. The van der Waals surface area contributed by atoms with Crippen LogP contribution in [-0.2, 0) is 17.6 Å². The number of ether oxygens (including phenoxy) is 1. The van der Waals surface area contributed by atoms with E-state index in [2.05, 4.69) is 40.3 Å². The minimum absolute atomic E-state index is 0.393. The zero-order valence-corrected chi connectivity index (χ0v) is 14.1. The molecule has 1 aromatic carbocycles. The molecule has 1 atom stereocenters. The average Bonchev–Trinajstić information content (AvgIpc) is 2.61. The molecular weight excluding hydrogens is 288 g/mol. The van der Waals surface area contributed by atoms with Crippen molar-refractivity contribution in [1.82, 2.24) is 4.90 Å². The first-order chi connectivity index (χ1) is 11.2. The number of rotatable bonds is 4. The maximum Gasteiger partial charge on any atom is 0.193 e. The average molecular weight is 316 g/mol. The van der Waals surface area contributed by atoms with Crippen molar-refractivity contribution in [3.63, 3.8) is 0 Å². The van der Waals surface area contributed by atoms with Gasteiger partial charge in [0.25, 0.3) is 0 Å². The number of guanidine groups is 1. The number of aliphatic imine (C=N–C) groups is 1. The topological polar surface area (TPSA) is 62.9 Å². The molecule has 5 heteroatoms. The van der Waals surface area contributed by atoms with Crippen molar-refractivity contribution in [1.29, 1.82) is 0 Å². The first kappa shape index (κ1) is 16.3. The first-order valence-corrected chi connectivity index (χ1v) is 8.73. The van der Waals surface area contributed by atoms with Gasteiger partial charge >= 0.3 is 0 Å². The largest absolute Gasteiger partial charge is 0.379 e. The van der Waals surface area contributed by atoms with E-state index in [0.717, 1.165) is 38.4 Å². The Morgan fingerprint density at radius 3 is 2.91 bits per heavy atom. The fraction of sp³-hybridized carbons (Fsp3) is 0.611. The van der Waals surface area contributed by atoms with Gasteiger partial charge in [0.2, 0.25) is 0 Å². The molecule has 23 heavy (non-hydrogen) atoms. The van der Waals surface area contributed by atoms with Crippen molar-refractivity contribution in [3.8, 4) is 0 Å². The van der Waals surface area contributed by atoms with Crippen LogP contribution in [0.1, 0.15) is 30.9 Å². The molecule has 1 fully saturated rings. The van der Waals surface area contributed by atoms with Gasteiger partial charge in [-0.15, -0.1) is 0 Å². The Hall–Kier alpha value is -1.59. The lowest BCUT2D eigenvalue weighted by Crippen LogP contribution is -2.43. The van der Waals surface area contributed by atoms with Crippen molar-refractivity contribution in [2.45, 2.75) is 38.6 Å². The maximum absolute atomic E-state index is 6.11. The molecule has 1 aromatic rings. The number of benzene rings is 1. The van der Waals surface area contributed by atoms with Crippen LogP contribution in [0.3, 0.4) is 0 Å². The molecule has 0 amide bonds. The van der Waals surface area contributed by atoms with Gasteiger partial charge in [0, 0.05) is 24.8 Å². The second kappa shape index (κ2) is 7.79. The summed E-state index contributed by atoms with van der Waals surface area (Å²) in [6, 6.07) is 6.84. The molecule has 0 radical (unpaired) electrons. The predicted molar refractivity (Wildman–Crippen MR) is 95.1 cm³/mol. The lowest BCUT2D eigenvalue weighted by molar-refractivity contribution is 0.0221. The van der Waals surface area contributed by atoms with Crippen LogP contribution in [0, 0.1) is 0 Å². The van der Waals surface area contributed by atoms with Gasteiger partial charge in [-0.25, -0.2) is 0 Å². The van der Waals surface area contributed by atoms with Gasteiger partial charge in [-0.3, -0.25) is 9.89 Å². The molecule has 126 valence electrons. The number of nitrogens with two attached hydrogens (primary N) is 1. The van der Waals surface area contributed by atoms with Gasteiger partial charge in [-0.1, -0.05) is 12.1 Å². The molecule has 0 saturated carbocycles. The third-order valence-corrected chi connectivity index (χ3v) is 4.85. The highest BCUT2D eigenvalue weighted by atomic mass is 16.5. The standard InChI is InChI=1S/C18H28N4O/c1-14(22-9-11-23-12-10-22)13-20-18(19)21-17-8-4-6-15-5-2-3-7-16(15)17/h4,6,8,14H,2-3,5,7,9-13H2,1H3,(H3,19,20,21). The number of nitrogens with one attached hydrogen (secondary N) is 1. The molecule has 0 bridgehead atoms. The molecule has 1 aliphatic heterocycles. The zero-order valence-electron chi connectivity index (χ0n) is 14.1. The molecule has 5 nitrogen and oxygen atoms in total. The summed E-state index contributed by atoms with van der Waals surface area (Å²) in [6.45, 7) is 6.52. The van der Waals surface area contributed by atoms with Crippen LogP contribution >= 0.6 is 0 Å². The van der Waals surface area contributed by atoms with E-state index in [1.54, 1.807) is 0 Å². The summed E-state index contributed by atoms with van der Waals surface area (Å²) in [6.07, 6.45) is 4.86. The van der Waals surface area contributed by atoms with Crippen LogP contribution in [0.15, 0.2) is 23.2 Å². The maximum atomic E-state index is 6.11. The van der Waals surface area contributed by atoms with E-state index in [1.807, 2.05) is 0 Å². The number of nitrogens with zero attached hydrogens (tertiary/aromatic N) is 2. The van der Waals surface area contributed by atoms with Gasteiger partial charge in [0.15, 0.2) is 5.96 Å². The Morgan fingerprint density at radius 2 is 2.09 bits per heavy atom. The molecule has 1 heterocycles. The Balaban J connectivity index is 1.59. The Bertz CT molecular complexity index is 552. The van der Waals surface area contributed by atoms with Crippen LogP contribution in [-0.4, -0.2) is 49.7 Å².